The van der Waals surface area contributed by atoms with Crippen molar-refractivity contribution < 1.29 is 24.1 Å². The summed E-state index contributed by atoms with van der Waals surface area (Å²) in [6, 6.07) is 14.2. The second kappa shape index (κ2) is 8.08. The van der Waals surface area contributed by atoms with Gasteiger partial charge in [-0.1, -0.05) is 12.1 Å². The summed E-state index contributed by atoms with van der Waals surface area (Å²) >= 11 is 0. The Balaban J connectivity index is 1.94. The Hall–Kier alpha value is -2.69. The summed E-state index contributed by atoms with van der Waals surface area (Å²) in [4.78, 5) is 11.5. The zero-order valence-corrected chi connectivity index (χ0v) is 13.2. The minimum atomic E-state index is -0.867. The summed E-state index contributed by atoms with van der Waals surface area (Å²) in [5.41, 5.74) is 0.733. The Morgan fingerprint density at radius 2 is 1.39 bits per heavy atom. The van der Waals surface area contributed by atoms with Crippen LogP contribution in [0.15, 0.2) is 48.5 Å². The van der Waals surface area contributed by atoms with Gasteiger partial charge in [0.25, 0.3) is 0 Å². The normalized spacial score (nSPS) is 11.6. The van der Waals surface area contributed by atoms with E-state index in [1.54, 1.807) is 62.8 Å². The topological polar surface area (TPSA) is 65.0 Å². The number of benzene rings is 2. The van der Waals surface area contributed by atoms with Crippen molar-refractivity contribution in [1.29, 1.82) is 0 Å². The molecule has 0 aliphatic rings. The van der Waals surface area contributed by atoms with Crippen molar-refractivity contribution in [2.75, 3.05) is 20.8 Å². The minimum Gasteiger partial charge on any atom is -0.497 e. The zero-order valence-electron chi connectivity index (χ0n) is 13.2. The third-order valence-electron chi connectivity index (χ3n) is 3.55. The van der Waals surface area contributed by atoms with Crippen molar-refractivity contribution in [3.63, 3.8) is 0 Å². The predicted molar refractivity (Wildman–Crippen MR) is 86.5 cm³/mol. The number of rotatable bonds is 8. The summed E-state index contributed by atoms with van der Waals surface area (Å²) < 4.78 is 15.8. The fourth-order valence-corrected chi connectivity index (χ4v) is 2.24. The molecule has 0 bridgehead atoms. The van der Waals surface area contributed by atoms with Crippen molar-refractivity contribution in [1.82, 2.24) is 0 Å². The number of hydrogen-bond donors (Lipinski definition) is 1. The number of carbonyl (C=O) groups is 1. The highest BCUT2D eigenvalue weighted by Gasteiger charge is 2.19. The van der Waals surface area contributed by atoms with Crippen LogP contribution in [0.25, 0.3) is 0 Å². The molecule has 2 aromatic rings. The molecule has 5 nitrogen and oxygen atoms in total. The van der Waals surface area contributed by atoms with Gasteiger partial charge >= 0.3 is 5.97 Å². The molecule has 0 saturated carbocycles. The van der Waals surface area contributed by atoms with Gasteiger partial charge in [-0.3, -0.25) is 4.79 Å². The first-order valence-corrected chi connectivity index (χ1v) is 7.27. The molecule has 0 aliphatic carbocycles. The van der Waals surface area contributed by atoms with Crippen LogP contribution in [0.2, 0.25) is 0 Å². The highest BCUT2D eigenvalue weighted by Crippen LogP contribution is 2.24. The Morgan fingerprint density at radius 3 is 1.87 bits per heavy atom. The Morgan fingerprint density at radius 1 is 0.913 bits per heavy atom. The van der Waals surface area contributed by atoms with E-state index in [-0.39, 0.29) is 0 Å². The van der Waals surface area contributed by atoms with Crippen LogP contribution in [0.5, 0.6) is 17.2 Å². The molecular formula is C18H20O5. The number of carboxylic acid groups (broad SMARTS) is 1. The van der Waals surface area contributed by atoms with Gasteiger partial charge in [0.15, 0.2) is 0 Å². The molecule has 5 heteroatoms. The van der Waals surface area contributed by atoms with Gasteiger partial charge in [-0.2, -0.15) is 0 Å². The average Bonchev–Trinajstić information content (AvgIpc) is 2.59. The first kappa shape index (κ1) is 16.7. The fourth-order valence-electron chi connectivity index (χ4n) is 2.24. The maximum Gasteiger partial charge on any atom is 0.311 e. The van der Waals surface area contributed by atoms with Crippen LogP contribution < -0.4 is 14.2 Å². The molecule has 0 radical (unpaired) electrons. The number of hydrogen-bond acceptors (Lipinski definition) is 4. The van der Waals surface area contributed by atoms with Crippen LogP contribution >= 0.6 is 0 Å². The van der Waals surface area contributed by atoms with E-state index < -0.39 is 11.9 Å². The summed E-state index contributed by atoms with van der Waals surface area (Å²) in [6.45, 7) is 0.315. The number of carboxylic acids is 1. The smallest absolute Gasteiger partial charge is 0.311 e. The molecule has 122 valence electrons. The van der Waals surface area contributed by atoms with E-state index in [0.717, 1.165) is 11.3 Å². The molecule has 23 heavy (non-hydrogen) atoms. The molecule has 0 aromatic heterocycles. The Labute approximate surface area is 135 Å². The molecule has 0 saturated heterocycles. The van der Waals surface area contributed by atoms with Crippen LogP contribution in [0, 0.1) is 0 Å². The van der Waals surface area contributed by atoms with E-state index in [1.165, 1.54) is 0 Å². The average molecular weight is 316 g/mol. The van der Waals surface area contributed by atoms with E-state index in [1.807, 2.05) is 0 Å². The second-order valence-electron chi connectivity index (χ2n) is 4.98. The van der Waals surface area contributed by atoms with Gasteiger partial charge < -0.3 is 19.3 Å². The molecule has 1 atom stereocenters. The van der Waals surface area contributed by atoms with E-state index in [0.29, 0.717) is 24.5 Å². The highest BCUT2D eigenvalue weighted by molar-refractivity contribution is 5.76. The summed E-state index contributed by atoms with van der Waals surface area (Å²) in [5, 5.41) is 9.42. The van der Waals surface area contributed by atoms with Gasteiger partial charge in [0.05, 0.1) is 26.7 Å². The minimum absolute atomic E-state index is 0.315. The lowest BCUT2D eigenvalue weighted by molar-refractivity contribution is -0.139. The standard InChI is InChI=1S/C18H20O5/c1-21-14-5-3-13(4-6-14)17(18(19)20)11-12-23-16-9-7-15(22-2)8-10-16/h3-10,17H,11-12H2,1-2H3,(H,19,20). The monoisotopic (exact) mass is 316 g/mol. The van der Waals surface area contributed by atoms with Crippen molar-refractivity contribution in [2.24, 2.45) is 0 Å². The van der Waals surface area contributed by atoms with Gasteiger partial charge in [-0.05, 0) is 48.4 Å². The van der Waals surface area contributed by atoms with Gasteiger partial charge in [0.2, 0.25) is 0 Å². The lowest BCUT2D eigenvalue weighted by Gasteiger charge is -2.14. The predicted octanol–water partition coefficient (Wildman–Crippen LogP) is 3.34. The summed E-state index contributed by atoms with van der Waals surface area (Å²) in [7, 11) is 3.18. The van der Waals surface area contributed by atoms with Crippen LogP contribution in [-0.2, 0) is 4.79 Å². The summed E-state index contributed by atoms with van der Waals surface area (Å²) in [5.74, 6) is 0.656. The van der Waals surface area contributed by atoms with E-state index in [9.17, 15) is 9.90 Å². The van der Waals surface area contributed by atoms with Gasteiger partial charge in [0.1, 0.15) is 17.2 Å². The lowest BCUT2D eigenvalue weighted by atomic mass is 9.96. The van der Waals surface area contributed by atoms with Crippen molar-refractivity contribution in [2.45, 2.75) is 12.3 Å². The quantitative estimate of drug-likeness (QED) is 0.809. The summed E-state index contributed by atoms with van der Waals surface area (Å²) in [6.07, 6.45) is 0.383. The van der Waals surface area contributed by atoms with Crippen molar-refractivity contribution in [3.05, 3.63) is 54.1 Å². The third kappa shape index (κ3) is 4.64. The van der Waals surface area contributed by atoms with Gasteiger partial charge in [-0.15, -0.1) is 0 Å². The Bertz CT molecular complexity index is 619. The molecule has 0 spiro atoms. The third-order valence-corrected chi connectivity index (χ3v) is 3.55. The van der Waals surface area contributed by atoms with Crippen molar-refractivity contribution in [3.8, 4) is 17.2 Å². The first-order chi connectivity index (χ1) is 11.1. The molecule has 0 amide bonds. The van der Waals surface area contributed by atoms with E-state index in [2.05, 4.69) is 0 Å². The van der Waals surface area contributed by atoms with Crippen molar-refractivity contribution >= 4 is 5.97 Å². The van der Waals surface area contributed by atoms with E-state index in [4.69, 9.17) is 14.2 Å². The Kier molecular flexibility index (Phi) is 5.86. The second-order valence-corrected chi connectivity index (χ2v) is 4.98. The number of ether oxygens (including phenoxy) is 3. The zero-order chi connectivity index (χ0) is 16.7. The molecule has 0 fully saturated rings. The largest absolute Gasteiger partial charge is 0.497 e. The molecule has 2 aromatic carbocycles. The molecule has 0 aliphatic heterocycles. The van der Waals surface area contributed by atoms with E-state index >= 15 is 0 Å². The fraction of sp³-hybridized carbons (Fsp3) is 0.278. The maximum atomic E-state index is 11.5. The molecular weight excluding hydrogens is 296 g/mol. The van der Waals surface area contributed by atoms with Crippen LogP contribution in [0.1, 0.15) is 17.9 Å². The van der Waals surface area contributed by atoms with Gasteiger partial charge in [0, 0.05) is 0 Å². The number of aliphatic carboxylic acids is 1. The number of methoxy groups -OCH3 is 2. The SMILES string of the molecule is COc1ccc(OCCC(C(=O)O)c2ccc(OC)cc2)cc1. The molecule has 2 rings (SSSR count). The van der Waals surface area contributed by atoms with Crippen LogP contribution in [0.4, 0.5) is 0 Å². The lowest BCUT2D eigenvalue weighted by Crippen LogP contribution is -2.15. The van der Waals surface area contributed by atoms with Crippen LogP contribution in [0.3, 0.4) is 0 Å². The maximum absolute atomic E-state index is 11.5. The molecule has 1 N–H and O–H groups in total. The highest BCUT2D eigenvalue weighted by atomic mass is 16.5. The molecule has 0 heterocycles. The first-order valence-electron chi connectivity index (χ1n) is 7.27. The van der Waals surface area contributed by atoms with Crippen LogP contribution in [-0.4, -0.2) is 31.9 Å². The molecule has 1 unspecified atom stereocenters. The van der Waals surface area contributed by atoms with Gasteiger partial charge in [-0.25, -0.2) is 0 Å².